The minimum absolute atomic E-state index is 0.242. The monoisotopic (exact) mass is 334 g/mol. The number of benzene rings is 1. The Kier molecular flexibility index (Phi) is 5.03. The molecule has 4 nitrogen and oxygen atoms in total. The average Bonchev–Trinajstić information content (AvgIpc) is 2.73. The molecule has 2 rings (SSSR count). The molecule has 1 heterocycles. The van der Waals surface area contributed by atoms with Crippen molar-refractivity contribution in [3.63, 3.8) is 0 Å². The van der Waals surface area contributed by atoms with Crippen molar-refractivity contribution in [2.24, 2.45) is 0 Å². The summed E-state index contributed by atoms with van der Waals surface area (Å²) in [6, 6.07) is 6.83. The summed E-state index contributed by atoms with van der Waals surface area (Å²) in [7, 11) is 0. The molecule has 1 amide bonds. The van der Waals surface area contributed by atoms with Gasteiger partial charge in [-0.05, 0) is 30.0 Å². The highest BCUT2D eigenvalue weighted by Gasteiger charge is 2.35. The zero-order valence-corrected chi connectivity index (χ0v) is 14.2. The smallest absolute Gasteiger partial charge is 0.266 e. The molecule has 0 N–H and O–H groups in total. The van der Waals surface area contributed by atoms with Gasteiger partial charge in [0.25, 0.3) is 5.91 Å². The summed E-state index contributed by atoms with van der Waals surface area (Å²) in [6.45, 7) is 5.61. The van der Waals surface area contributed by atoms with E-state index in [4.69, 9.17) is 12.2 Å². The largest absolute Gasteiger partial charge is 0.548 e. The lowest BCUT2D eigenvalue weighted by atomic mass is 10.0. The molecule has 0 spiro atoms. The van der Waals surface area contributed by atoms with E-state index in [9.17, 15) is 14.7 Å². The van der Waals surface area contributed by atoms with Crippen LogP contribution >= 0.6 is 24.0 Å². The van der Waals surface area contributed by atoms with Gasteiger partial charge in [0.15, 0.2) is 0 Å². The Labute approximate surface area is 139 Å². The van der Waals surface area contributed by atoms with Gasteiger partial charge in [0, 0.05) is 0 Å². The maximum atomic E-state index is 12.3. The van der Waals surface area contributed by atoms with E-state index < -0.39 is 12.0 Å². The number of carbonyl (C=O) groups is 2. The van der Waals surface area contributed by atoms with E-state index in [0.717, 1.165) is 22.2 Å². The Hall–Kier alpha value is -1.66. The lowest BCUT2D eigenvalue weighted by Gasteiger charge is -2.23. The molecule has 22 heavy (non-hydrogen) atoms. The number of hydrogen-bond acceptors (Lipinski definition) is 5. The average molecular weight is 334 g/mol. The van der Waals surface area contributed by atoms with Gasteiger partial charge in [-0.25, -0.2) is 0 Å². The first kappa shape index (κ1) is 16.7. The van der Waals surface area contributed by atoms with E-state index in [1.54, 1.807) is 6.08 Å². The van der Waals surface area contributed by atoms with Crippen LogP contribution in [-0.2, 0) is 9.59 Å². The van der Waals surface area contributed by atoms with Gasteiger partial charge < -0.3 is 9.90 Å². The molecule has 1 aromatic rings. The number of amides is 1. The van der Waals surface area contributed by atoms with Gasteiger partial charge in [-0.3, -0.25) is 9.69 Å². The SMILES string of the molecule is CC(C)c1ccc(/C=C2/SC(=S)N([C@H](C)C(=O)[O-])C2=O)cc1. The van der Waals surface area contributed by atoms with Crippen LogP contribution in [0.3, 0.4) is 0 Å². The van der Waals surface area contributed by atoms with Gasteiger partial charge in [0.2, 0.25) is 0 Å². The molecule has 0 aliphatic carbocycles. The fourth-order valence-electron chi connectivity index (χ4n) is 2.05. The lowest BCUT2D eigenvalue weighted by molar-refractivity contribution is -0.309. The van der Waals surface area contributed by atoms with E-state index >= 15 is 0 Å². The molecule has 1 aliphatic heterocycles. The molecule has 1 aliphatic rings. The van der Waals surface area contributed by atoms with Crippen molar-refractivity contribution in [3.05, 3.63) is 40.3 Å². The van der Waals surface area contributed by atoms with Gasteiger partial charge in [0.1, 0.15) is 4.32 Å². The quantitative estimate of drug-likeness (QED) is 0.624. The minimum Gasteiger partial charge on any atom is -0.548 e. The summed E-state index contributed by atoms with van der Waals surface area (Å²) in [6.07, 6.45) is 1.73. The number of rotatable bonds is 4. The van der Waals surface area contributed by atoms with Crippen molar-refractivity contribution in [2.75, 3.05) is 0 Å². The molecular formula is C16H16NO3S2-. The van der Waals surface area contributed by atoms with Crippen LogP contribution in [0, 0.1) is 0 Å². The number of hydrogen-bond donors (Lipinski definition) is 0. The van der Waals surface area contributed by atoms with E-state index in [1.807, 2.05) is 24.3 Å². The van der Waals surface area contributed by atoms with Crippen molar-refractivity contribution < 1.29 is 14.7 Å². The number of carboxylic acids is 1. The molecule has 0 unspecified atom stereocenters. The topological polar surface area (TPSA) is 60.4 Å². The minimum atomic E-state index is -1.32. The predicted molar refractivity (Wildman–Crippen MR) is 90.0 cm³/mol. The van der Waals surface area contributed by atoms with Crippen LogP contribution in [0.15, 0.2) is 29.2 Å². The van der Waals surface area contributed by atoms with Crippen LogP contribution in [-0.4, -0.2) is 27.1 Å². The molecule has 116 valence electrons. The van der Waals surface area contributed by atoms with E-state index in [1.165, 1.54) is 12.5 Å². The van der Waals surface area contributed by atoms with Crippen LogP contribution in [0.4, 0.5) is 0 Å². The van der Waals surface area contributed by atoms with E-state index in [0.29, 0.717) is 10.8 Å². The number of carbonyl (C=O) groups excluding carboxylic acids is 2. The van der Waals surface area contributed by atoms with Crippen molar-refractivity contribution >= 4 is 46.3 Å². The summed E-state index contributed by atoms with van der Waals surface area (Å²) in [5, 5.41) is 11.0. The van der Waals surface area contributed by atoms with Crippen LogP contribution in [0.25, 0.3) is 6.08 Å². The first-order valence-corrected chi connectivity index (χ1v) is 8.11. The highest BCUT2D eigenvalue weighted by atomic mass is 32.2. The molecule has 1 atom stereocenters. The number of aliphatic carboxylic acids is 1. The first-order chi connectivity index (χ1) is 10.3. The molecule has 1 fully saturated rings. The number of carboxylic acid groups (broad SMARTS) is 1. The second-order valence-electron chi connectivity index (χ2n) is 5.37. The van der Waals surface area contributed by atoms with Crippen molar-refractivity contribution in [2.45, 2.75) is 32.7 Å². The highest BCUT2D eigenvalue weighted by molar-refractivity contribution is 8.26. The standard InChI is InChI=1S/C16H17NO3S2/c1-9(2)12-6-4-11(5-7-12)8-13-14(18)17(16(21)22-13)10(3)15(19)20/h4-10H,1-3H3,(H,19,20)/p-1/b13-8+/t10-/m1/s1. The molecule has 0 radical (unpaired) electrons. The number of thiocarbonyl (C=S) groups is 1. The number of nitrogens with zero attached hydrogens (tertiary/aromatic N) is 1. The second-order valence-corrected chi connectivity index (χ2v) is 7.04. The van der Waals surface area contributed by atoms with Crippen LogP contribution in [0.2, 0.25) is 0 Å². The third kappa shape index (κ3) is 3.39. The van der Waals surface area contributed by atoms with Gasteiger partial charge in [-0.2, -0.15) is 0 Å². The Morgan fingerprint density at radius 3 is 2.36 bits per heavy atom. The maximum Gasteiger partial charge on any atom is 0.266 e. The Bertz CT molecular complexity index is 650. The molecule has 1 aromatic carbocycles. The molecule has 0 bridgehead atoms. The van der Waals surface area contributed by atoms with E-state index in [2.05, 4.69) is 13.8 Å². The summed E-state index contributed by atoms with van der Waals surface area (Å²) in [5.74, 6) is -1.27. The van der Waals surface area contributed by atoms with Crippen molar-refractivity contribution in [1.82, 2.24) is 4.90 Å². The first-order valence-electron chi connectivity index (χ1n) is 6.89. The Morgan fingerprint density at radius 2 is 1.86 bits per heavy atom. The maximum absolute atomic E-state index is 12.3. The van der Waals surface area contributed by atoms with E-state index in [-0.39, 0.29) is 10.2 Å². The zero-order valence-electron chi connectivity index (χ0n) is 12.5. The summed E-state index contributed by atoms with van der Waals surface area (Å²) < 4.78 is 0.242. The van der Waals surface area contributed by atoms with Gasteiger partial charge in [-0.1, -0.05) is 62.1 Å². The van der Waals surface area contributed by atoms with Gasteiger partial charge >= 0.3 is 0 Å². The third-order valence-corrected chi connectivity index (χ3v) is 4.78. The Balaban J connectivity index is 2.24. The molecular weight excluding hydrogens is 318 g/mol. The fraction of sp³-hybridized carbons (Fsp3) is 0.312. The van der Waals surface area contributed by atoms with Crippen molar-refractivity contribution in [3.8, 4) is 0 Å². The summed E-state index contributed by atoms with van der Waals surface area (Å²) in [5.41, 5.74) is 2.10. The van der Waals surface area contributed by atoms with Gasteiger partial charge in [-0.15, -0.1) is 0 Å². The Morgan fingerprint density at radius 1 is 1.27 bits per heavy atom. The zero-order chi connectivity index (χ0) is 16.4. The highest BCUT2D eigenvalue weighted by Crippen LogP contribution is 2.34. The fourth-order valence-corrected chi connectivity index (χ4v) is 3.47. The molecule has 0 aromatic heterocycles. The molecule has 0 saturated carbocycles. The third-order valence-electron chi connectivity index (χ3n) is 3.45. The predicted octanol–water partition coefficient (Wildman–Crippen LogP) is 2.15. The van der Waals surface area contributed by atoms with Gasteiger partial charge in [0.05, 0.1) is 16.9 Å². The van der Waals surface area contributed by atoms with Crippen LogP contribution < -0.4 is 5.11 Å². The van der Waals surface area contributed by atoms with Crippen LogP contribution in [0.5, 0.6) is 0 Å². The molecule has 1 saturated heterocycles. The van der Waals surface area contributed by atoms with Crippen LogP contribution in [0.1, 0.15) is 37.8 Å². The van der Waals surface area contributed by atoms with Crippen molar-refractivity contribution in [1.29, 1.82) is 0 Å². The normalized spacial score (nSPS) is 18.4. The molecule has 6 heteroatoms. The second kappa shape index (κ2) is 6.62. The summed E-state index contributed by atoms with van der Waals surface area (Å²) in [4.78, 5) is 24.8. The lowest BCUT2D eigenvalue weighted by Crippen LogP contribution is -2.48. The number of thioether (sulfide) groups is 1. The summed E-state index contributed by atoms with van der Waals surface area (Å²) >= 11 is 6.21.